The summed E-state index contributed by atoms with van der Waals surface area (Å²) >= 11 is 0. The Bertz CT molecular complexity index is 1670. The number of benzene rings is 2. The minimum absolute atomic E-state index is 0.205. The fraction of sp³-hybridized carbons (Fsp3) is 0.345. The van der Waals surface area contributed by atoms with Crippen molar-refractivity contribution in [2.45, 2.75) is 38.3 Å². The number of anilines is 2. The van der Waals surface area contributed by atoms with E-state index in [4.69, 9.17) is 9.84 Å². The van der Waals surface area contributed by atoms with Crippen LogP contribution in [0.4, 0.5) is 11.5 Å². The van der Waals surface area contributed by atoms with Crippen molar-refractivity contribution >= 4 is 11.5 Å². The molecule has 3 aliphatic rings. The maximum absolute atomic E-state index is 13.1. The van der Waals surface area contributed by atoms with Crippen LogP contribution in [0.25, 0.3) is 11.3 Å². The Morgan fingerprint density at radius 1 is 1.05 bits per heavy atom. The smallest absolute Gasteiger partial charge is 0.290 e. The molecule has 1 atom stereocenters. The molecule has 5 heterocycles. The lowest BCUT2D eigenvalue weighted by molar-refractivity contribution is -0.0735. The maximum atomic E-state index is 13.1. The minimum atomic E-state index is -0.319. The highest BCUT2D eigenvalue weighted by Gasteiger charge is 2.30. The molecule has 0 saturated carbocycles. The van der Waals surface area contributed by atoms with Crippen LogP contribution in [0.1, 0.15) is 34.0 Å². The summed E-state index contributed by atoms with van der Waals surface area (Å²) in [6.45, 7) is 4.42. The molecular weight excluding hydrogens is 508 g/mol. The van der Waals surface area contributed by atoms with Gasteiger partial charge in [0.25, 0.3) is 5.56 Å². The summed E-state index contributed by atoms with van der Waals surface area (Å²) in [6, 6.07) is 17.8. The molecule has 40 heavy (non-hydrogen) atoms. The van der Waals surface area contributed by atoms with Crippen molar-refractivity contribution in [1.29, 1.82) is 0 Å². The van der Waals surface area contributed by atoms with Gasteiger partial charge in [0.15, 0.2) is 5.82 Å². The van der Waals surface area contributed by atoms with E-state index in [2.05, 4.69) is 37.7 Å². The van der Waals surface area contributed by atoms with Gasteiger partial charge in [0.05, 0.1) is 50.3 Å². The average molecular weight is 539 g/mol. The van der Waals surface area contributed by atoms with Crippen molar-refractivity contribution in [2.75, 3.05) is 25.1 Å². The summed E-state index contributed by atoms with van der Waals surface area (Å²) < 4.78 is 8.67. The molecule has 2 N–H and O–H groups in total. The predicted octanol–water partition coefficient (Wildman–Crippen LogP) is 3.15. The van der Waals surface area contributed by atoms with E-state index >= 15 is 0 Å². The number of aromatic nitrogens is 4. The van der Waals surface area contributed by atoms with E-state index in [0.717, 1.165) is 60.8 Å². The van der Waals surface area contributed by atoms with E-state index in [1.165, 1.54) is 4.68 Å². The third kappa shape index (κ3) is 4.32. The summed E-state index contributed by atoms with van der Waals surface area (Å²) in [7, 11) is 1.63. The number of nitrogens with zero attached hydrogens (tertiary/aromatic N) is 7. The van der Waals surface area contributed by atoms with Gasteiger partial charge in [-0.15, -0.1) is 0 Å². The topological polar surface area (TPSA) is 122 Å². The van der Waals surface area contributed by atoms with E-state index in [0.29, 0.717) is 35.3 Å². The molecule has 3 aliphatic heterocycles. The number of aliphatic hydroxyl groups is 1. The van der Waals surface area contributed by atoms with Crippen molar-refractivity contribution in [3.8, 4) is 11.3 Å². The molecule has 11 nitrogen and oxygen atoms in total. The molecule has 0 bridgehead atoms. The lowest BCUT2D eigenvalue weighted by Crippen LogP contribution is -2.51. The number of hydrogen-bond acceptors (Lipinski definition) is 9. The van der Waals surface area contributed by atoms with Gasteiger partial charge in [-0.2, -0.15) is 20.4 Å². The van der Waals surface area contributed by atoms with Crippen LogP contribution in [0.5, 0.6) is 0 Å². The number of hydrogen-bond donors (Lipinski definition) is 2. The Kier molecular flexibility index (Phi) is 6.26. The van der Waals surface area contributed by atoms with E-state index in [-0.39, 0.29) is 18.2 Å². The zero-order valence-corrected chi connectivity index (χ0v) is 22.2. The first-order chi connectivity index (χ1) is 19.6. The van der Waals surface area contributed by atoms with E-state index in [1.54, 1.807) is 13.1 Å². The van der Waals surface area contributed by atoms with E-state index in [1.807, 2.05) is 41.1 Å². The van der Waals surface area contributed by atoms with Gasteiger partial charge in [-0.1, -0.05) is 42.5 Å². The lowest BCUT2D eigenvalue weighted by Gasteiger charge is -2.39. The summed E-state index contributed by atoms with van der Waals surface area (Å²) in [5.74, 6) is 0.617. The Balaban J connectivity index is 1.22. The first kappa shape index (κ1) is 24.8. The van der Waals surface area contributed by atoms with Gasteiger partial charge in [0.1, 0.15) is 11.7 Å². The average Bonchev–Trinajstić information content (AvgIpc) is 3.35. The second-order valence-electron chi connectivity index (χ2n) is 10.5. The van der Waals surface area contributed by atoms with Crippen LogP contribution >= 0.6 is 0 Å². The van der Waals surface area contributed by atoms with E-state index < -0.39 is 0 Å². The molecule has 2 aromatic carbocycles. The Morgan fingerprint density at radius 3 is 2.73 bits per heavy atom. The summed E-state index contributed by atoms with van der Waals surface area (Å²) in [5.41, 5.74) is 6.27. The van der Waals surface area contributed by atoms with Gasteiger partial charge >= 0.3 is 0 Å². The molecule has 0 radical (unpaired) electrons. The zero-order chi connectivity index (χ0) is 27.2. The van der Waals surface area contributed by atoms with Gasteiger partial charge in [-0.05, 0) is 28.3 Å². The molecule has 0 spiro atoms. The van der Waals surface area contributed by atoms with Crippen molar-refractivity contribution in [2.24, 2.45) is 17.3 Å². The zero-order valence-electron chi connectivity index (χ0n) is 22.2. The Morgan fingerprint density at radius 2 is 1.90 bits per heavy atom. The number of aliphatic hydroxyl groups excluding tert-OH is 1. The first-order valence-electron chi connectivity index (χ1n) is 13.5. The van der Waals surface area contributed by atoms with Crippen LogP contribution in [-0.4, -0.2) is 55.4 Å². The SMILES string of the molecule is Cn1nc(-c2cccc(C3N=NCc4ccccc43)c2CO)cc(Nc2cc3n(n2)CCN(C2COC2)C3)c1=O. The van der Waals surface area contributed by atoms with Crippen LogP contribution in [0.3, 0.4) is 0 Å². The number of nitrogens with one attached hydrogen (secondary N) is 1. The fourth-order valence-electron chi connectivity index (χ4n) is 5.77. The quantitative estimate of drug-likeness (QED) is 0.387. The monoisotopic (exact) mass is 538 g/mol. The standard InChI is InChI=1S/C29H30N8O3/c1-35-29(39)26(31-27-11-19-14-36(20-16-40-17-20)9-10-37(19)34-27)12-25(33-35)22-7-4-8-23(24(22)15-38)28-21-6-3-2-5-18(21)13-30-32-28/h2-8,11-12,20,28,38H,9-10,13-17H2,1H3,(H,31,34). The van der Waals surface area contributed by atoms with Crippen molar-refractivity contribution in [1.82, 2.24) is 24.5 Å². The largest absolute Gasteiger partial charge is 0.392 e. The molecule has 0 aliphatic carbocycles. The van der Waals surface area contributed by atoms with Crippen LogP contribution < -0.4 is 10.9 Å². The van der Waals surface area contributed by atoms with Gasteiger partial charge in [-0.3, -0.25) is 14.4 Å². The summed E-state index contributed by atoms with van der Waals surface area (Å²) in [6.07, 6.45) is 0. The lowest BCUT2D eigenvalue weighted by atomic mass is 9.88. The second kappa shape index (κ2) is 10.1. The molecule has 11 heteroatoms. The van der Waals surface area contributed by atoms with Crippen LogP contribution in [-0.2, 0) is 38.0 Å². The molecule has 1 unspecified atom stereocenters. The van der Waals surface area contributed by atoms with Crippen LogP contribution in [0.2, 0.25) is 0 Å². The number of fused-ring (bicyclic) bond motifs is 2. The van der Waals surface area contributed by atoms with Crippen molar-refractivity contribution in [3.63, 3.8) is 0 Å². The van der Waals surface area contributed by atoms with Crippen LogP contribution in [0, 0.1) is 0 Å². The summed E-state index contributed by atoms with van der Waals surface area (Å²) in [5, 5.41) is 31.9. The predicted molar refractivity (Wildman–Crippen MR) is 148 cm³/mol. The van der Waals surface area contributed by atoms with Crippen molar-refractivity contribution < 1.29 is 9.84 Å². The highest BCUT2D eigenvalue weighted by molar-refractivity contribution is 5.70. The number of ether oxygens (including phenoxy) is 1. The third-order valence-corrected chi connectivity index (χ3v) is 8.02. The highest BCUT2D eigenvalue weighted by Crippen LogP contribution is 2.38. The summed E-state index contributed by atoms with van der Waals surface area (Å²) in [4.78, 5) is 15.5. The Labute approximate surface area is 230 Å². The maximum Gasteiger partial charge on any atom is 0.290 e. The van der Waals surface area contributed by atoms with Crippen molar-refractivity contribution in [3.05, 3.63) is 92.9 Å². The molecular formula is C29H30N8O3. The molecule has 7 rings (SSSR count). The fourth-order valence-corrected chi connectivity index (χ4v) is 5.77. The van der Waals surface area contributed by atoms with Crippen LogP contribution in [0.15, 0.2) is 69.6 Å². The first-order valence-corrected chi connectivity index (χ1v) is 13.5. The van der Waals surface area contributed by atoms with E-state index in [9.17, 15) is 9.90 Å². The number of rotatable bonds is 6. The molecule has 204 valence electrons. The number of aryl methyl sites for hydroxylation is 1. The van der Waals surface area contributed by atoms with Gasteiger partial charge in [0.2, 0.25) is 0 Å². The number of azo groups is 1. The molecule has 1 saturated heterocycles. The highest BCUT2D eigenvalue weighted by atomic mass is 16.5. The molecule has 2 aromatic heterocycles. The molecule has 4 aromatic rings. The van der Waals surface area contributed by atoms with Gasteiger partial charge in [0, 0.05) is 31.8 Å². The normalized spacial score (nSPS) is 18.7. The minimum Gasteiger partial charge on any atom is -0.392 e. The second-order valence-corrected chi connectivity index (χ2v) is 10.5. The molecule has 0 amide bonds. The molecule has 1 fully saturated rings. The van der Waals surface area contributed by atoms with Gasteiger partial charge < -0.3 is 15.2 Å². The third-order valence-electron chi connectivity index (χ3n) is 8.02. The van der Waals surface area contributed by atoms with Gasteiger partial charge in [-0.25, -0.2) is 4.68 Å². The Hall–Kier alpha value is -4.19.